The Balaban J connectivity index is 1.77. The van der Waals surface area contributed by atoms with Gasteiger partial charge in [-0.3, -0.25) is 4.98 Å². The van der Waals surface area contributed by atoms with Gasteiger partial charge in [0.05, 0.1) is 22.5 Å². The van der Waals surface area contributed by atoms with Crippen LogP contribution in [0.4, 0.5) is 0 Å². The lowest BCUT2D eigenvalue weighted by Gasteiger charge is -2.39. The van der Waals surface area contributed by atoms with E-state index in [4.69, 9.17) is 18.7 Å². The zero-order valence-electron chi connectivity index (χ0n) is 17.9. The molecule has 0 aromatic carbocycles. The van der Waals surface area contributed by atoms with E-state index in [9.17, 15) is 0 Å². The number of pyridine rings is 1. The minimum atomic E-state index is -1.83. The predicted octanol–water partition coefficient (Wildman–Crippen LogP) is 4.39. The number of nitrogens with zero attached hydrogens (tertiary/aromatic N) is 1. The number of rotatable bonds is 4. The molecule has 1 aromatic rings. The average Bonchev–Trinajstić information content (AvgIpc) is 3.20. The summed E-state index contributed by atoms with van der Waals surface area (Å²) < 4.78 is 19.0. The summed E-state index contributed by atoms with van der Waals surface area (Å²) in [5, 5.41) is 0.200. The van der Waals surface area contributed by atoms with Gasteiger partial charge in [-0.05, 0) is 64.7 Å². The van der Waals surface area contributed by atoms with E-state index in [-0.39, 0.29) is 29.0 Å². The van der Waals surface area contributed by atoms with Gasteiger partial charge in [0.15, 0.2) is 8.32 Å². The SMILES string of the molecule is CC1(C)OB(c2ccc(C3(O[Si](C)(C)C(C)(C)C)CC3)nc2)OC1(C)C. The molecule has 1 aliphatic heterocycles. The van der Waals surface area contributed by atoms with Crippen molar-refractivity contribution < 1.29 is 13.7 Å². The molecule has 26 heavy (non-hydrogen) atoms. The summed E-state index contributed by atoms with van der Waals surface area (Å²) in [5.74, 6) is 0. The molecule has 2 aliphatic rings. The number of hydrogen-bond donors (Lipinski definition) is 0. The third-order valence-corrected chi connectivity index (χ3v) is 11.3. The Hall–Kier alpha value is -0.688. The second-order valence-electron chi connectivity index (χ2n) is 10.4. The van der Waals surface area contributed by atoms with Crippen LogP contribution in [0.25, 0.3) is 0 Å². The number of hydrogen-bond acceptors (Lipinski definition) is 4. The Morgan fingerprint density at radius 3 is 1.96 bits per heavy atom. The van der Waals surface area contributed by atoms with E-state index in [0.29, 0.717) is 0 Å². The summed E-state index contributed by atoms with van der Waals surface area (Å²) in [7, 11) is -2.19. The van der Waals surface area contributed by atoms with Crippen molar-refractivity contribution in [1.82, 2.24) is 4.98 Å². The minimum absolute atomic E-state index is 0.183. The molecular weight excluding hydrogens is 341 g/mol. The summed E-state index contributed by atoms with van der Waals surface area (Å²) in [4.78, 5) is 4.76. The second-order valence-corrected chi connectivity index (χ2v) is 15.1. The average molecular weight is 375 g/mol. The Morgan fingerprint density at radius 1 is 1.04 bits per heavy atom. The summed E-state index contributed by atoms with van der Waals surface area (Å²) in [6.45, 7) is 19.8. The van der Waals surface area contributed by atoms with Crippen LogP contribution >= 0.6 is 0 Å². The molecule has 0 bridgehead atoms. The molecule has 2 heterocycles. The Morgan fingerprint density at radius 2 is 1.58 bits per heavy atom. The first-order valence-corrected chi connectivity index (χ1v) is 12.6. The molecule has 3 rings (SSSR count). The van der Waals surface area contributed by atoms with Crippen molar-refractivity contribution in [3.05, 3.63) is 24.0 Å². The van der Waals surface area contributed by atoms with Crippen molar-refractivity contribution >= 4 is 20.9 Å². The maximum Gasteiger partial charge on any atom is 0.496 e. The van der Waals surface area contributed by atoms with Gasteiger partial charge in [0.2, 0.25) is 0 Å². The molecule has 2 fully saturated rings. The van der Waals surface area contributed by atoms with Crippen LogP contribution < -0.4 is 5.46 Å². The van der Waals surface area contributed by atoms with E-state index in [1.54, 1.807) is 0 Å². The van der Waals surface area contributed by atoms with Crippen molar-refractivity contribution in [3.63, 3.8) is 0 Å². The van der Waals surface area contributed by atoms with Crippen LogP contribution in [0, 0.1) is 0 Å². The van der Waals surface area contributed by atoms with Crippen LogP contribution in [0.3, 0.4) is 0 Å². The zero-order valence-corrected chi connectivity index (χ0v) is 18.9. The van der Waals surface area contributed by atoms with Gasteiger partial charge in [-0.2, -0.15) is 0 Å². The molecular formula is C20H34BNO3Si. The first-order chi connectivity index (χ1) is 11.7. The topological polar surface area (TPSA) is 40.6 Å². The lowest BCUT2D eigenvalue weighted by atomic mass is 9.80. The van der Waals surface area contributed by atoms with Gasteiger partial charge in [-0.1, -0.05) is 26.8 Å². The van der Waals surface area contributed by atoms with E-state index in [1.165, 1.54) is 0 Å². The highest BCUT2D eigenvalue weighted by Crippen LogP contribution is 2.53. The van der Waals surface area contributed by atoms with Crippen LogP contribution in [-0.4, -0.2) is 31.6 Å². The van der Waals surface area contributed by atoms with Crippen molar-refractivity contribution in [1.29, 1.82) is 0 Å². The van der Waals surface area contributed by atoms with Crippen molar-refractivity contribution in [2.75, 3.05) is 0 Å². The van der Waals surface area contributed by atoms with Crippen LogP contribution in [0.5, 0.6) is 0 Å². The Labute approximate surface area is 160 Å². The third-order valence-electron chi connectivity index (χ3n) is 6.74. The quantitative estimate of drug-likeness (QED) is 0.732. The standard InChI is InChI=1S/C20H34BNO3Si/c1-17(2,3)26(8,9)25-20(12-13-20)16-11-10-15(14-22-16)21-23-18(4,5)19(6,7)24-21/h10-11,14H,12-13H2,1-9H3. The fourth-order valence-corrected chi connectivity index (χ4v) is 4.55. The molecule has 0 atom stereocenters. The van der Waals surface area contributed by atoms with Gasteiger partial charge in [0.25, 0.3) is 0 Å². The first kappa shape index (κ1) is 20.1. The van der Waals surface area contributed by atoms with Gasteiger partial charge < -0.3 is 13.7 Å². The lowest BCUT2D eigenvalue weighted by Crippen LogP contribution is -2.44. The fraction of sp³-hybridized carbons (Fsp3) is 0.750. The molecule has 0 unspecified atom stereocenters. The van der Waals surface area contributed by atoms with Gasteiger partial charge >= 0.3 is 7.12 Å². The van der Waals surface area contributed by atoms with E-state index in [1.807, 2.05) is 6.20 Å². The van der Waals surface area contributed by atoms with Gasteiger partial charge in [0.1, 0.15) is 0 Å². The molecule has 4 nitrogen and oxygen atoms in total. The molecule has 6 heteroatoms. The molecule has 1 saturated carbocycles. The fourth-order valence-electron chi connectivity index (χ4n) is 2.96. The molecule has 1 saturated heterocycles. The second kappa shape index (κ2) is 5.90. The minimum Gasteiger partial charge on any atom is -0.406 e. The van der Waals surface area contributed by atoms with Crippen LogP contribution in [0.1, 0.15) is 67.0 Å². The maximum absolute atomic E-state index is 6.73. The number of aromatic nitrogens is 1. The van der Waals surface area contributed by atoms with E-state index in [2.05, 4.69) is 73.7 Å². The monoisotopic (exact) mass is 375 g/mol. The van der Waals surface area contributed by atoms with Crippen molar-refractivity contribution in [3.8, 4) is 0 Å². The summed E-state index contributed by atoms with van der Waals surface area (Å²) in [5.41, 5.74) is 1.16. The predicted molar refractivity (Wildman–Crippen MR) is 109 cm³/mol. The Kier molecular flexibility index (Phi) is 4.55. The lowest BCUT2D eigenvalue weighted by molar-refractivity contribution is 0.00578. The zero-order chi connectivity index (χ0) is 19.6. The molecule has 0 amide bonds. The van der Waals surface area contributed by atoms with Crippen molar-refractivity contribution in [2.45, 2.75) is 96.2 Å². The molecule has 144 valence electrons. The van der Waals surface area contributed by atoms with Crippen LogP contribution in [0.15, 0.2) is 18.3 Å². The normalized spacial score (nSPS) is 24.0. The third kappa shape index (κ3) is 3.41. The van der Waals surface area contributed by atoms with Gasteiger partial charge in [-0.25, -0.2) is 0 Å². The van der Waals surface area contributed by atoms with Crippen LogP contribution in [-0.2, 0) is 19.3 Å². The molecule has 0 N–H and O–H groups in total. The highest BCUT2D eigenvalue weighted by Gasteiger charge is 2.54. The summed E-state index contributed by atoms with van der Waals surface area (Å²) in [6, 6.07) is 4.18. The van der Waals surface area contributed by atoms with E-state index < -0.39 is 8.32 Å². The Bertz CT molecular complexity index is 659. The first-order valence-electron chi connectivity index (χ1n) is 9.71. The van der Waals surface area contributed by atoms with E-state index in [0.717, 1.165) is 24.0 Å². The summed E-state index contributed by atoms with van der Waals surface area (Å²) in [6.07, 6.45) is 4.01. The van der Waals surface area contributed by atoms with Crippen LogP contribution in [0.2, 0.25) is 18.1 Å². The molecule has 1 aliphatic carbocycles. The van der Waals surface area contributed by atoms with Gasteiger partial charge in [-0.15, -0.1) is 0 Å². The van der Waals surface area contributed by atoms with Gasteiger partial charge in [0, 0.05) is 11.7 Å². The molecule has 1 aromatic heterocycles. The highest BCUT2D eigenvalue weighted by atomic mass is 28.4. The van der Waals surface area contributed by atoms with Crippen molar-refractivity contribution in [2.24, 2.45) is 0 Å². The maximum atomic E-state index is 6.73. The largest absolute Gasteiger partial charge is 0.496 e. The molecule has 0 spiro atoms. The van der Waals surface area contributed by atoms with E-state index >= 15 is 0 Å². The highest BCUT2D eigenvalue weighted by molar-refractivity contribution is 6.74. The molecule has 0 radical (unpaired) electrons. The smallest absolute Gasteiger partial charge is 0.406 e. The summed E-state index contributed by atoms with van der Waals surface area (Å²) >= 11 is 0.